The van der Waals surface area contributed by atoms with E-state index in [1.807, 2.05) is 13.8 Å². The SMILES string of the molecule is CC(C)n1c(C2CCC2)nnc1S(N)(=O)=O. The molecule has 1 aromatic rings. The van der Waals surface area contributed by atoms with Crippen LogP contribution in [0.2, 0.25) is 0 Å². The lowest BCUT2D eigenvalue weighted by Gasteiger charge is -2.26. The number of sulfonamides is 1. The monoisotopic (exact) mass is 244 g/mol. The molecule has 0 aromatic carbocycles. The van der Waals surface area contributed by atoms with Crippen molar-refractivity contribution >= 4 is 10.0 Å². The van der Waals surface area contributed by atoms with Crippen LogP contribution in [-0.2, 0) is 10.0 Å². The standard InChI is InChI=1S/C9H16N4O2S/c1-6(2)13-8(7-4-3-5-7)11-12-9(13)16(10,14)15/h6-7H,3-5H2,1-2H3,(H2,10,14,15). The Hall–Kier alpha value is -0.950. The van der Waals surface area contributed by atoms with E-state index in [1.165, 1.54) is 6.42 Å². The molecule has 2 rings (SSSR count). The van der Waals surface area contributed by atoms with Crippen LogP contribution in [0.5, 0.6) is 0 Å². The van der Waals surface area contributed by atoms with Gasteiger partial charge in [-0.05, 0) is 26.7 Å². The lowest BCUT2D eigenvalue weighted by atomic mass is 9.85. The lowest BCUT2D eigenvalue weighted by molar-refractivity contribution is 0.371. The maximum absolute atomic E-state index is 11.4. The van der Waals surface area contributed by atoms with Gasteiger partial charge in [0.05, 0.1) is 0 Å². The Bertz CT molecular complexity index is 488. The van der Waals surface area contributed by atoms with Crippen LogP contribution in [0, 0.1) is 0 Å². The van der Waals surface area contributed by atoms with Gasteiger partial charge >= 0.3 is 0 Å². The molecule has 0 aliphatic heterocycles. The summed E-state index contributed by atoms with van der Waals surface area (Å²) >= 11 is 0. The first-order chi connectivity index (χ1) is 7.41. The van der Waals surface area contributed by atoms with Crippen molar-refractivity contribution in [1.29, 1.82) is 0 Å². The highest BCUT2D eigenvalue weighted by Gasteiger charge is 2.30. The Morgan fingerprint density at radius 2 is 2.00 bits per heavy atom. The highest BCUT2D eigenvalue weighted by Crippen LogP contribution is 2.36. The highest BCUT2D eigenvalue weighted by atomic mass is 32.2. The summed E-state index contributed by atoms with van der Waals surface area (Å²) in [5.74, 6) is 1.09. The summed E-state index contributed by atoms with van der Waals surface area (Å²) in [5.41, 5.74) is 0. The van der Waals surface area contributed by atoms with Gasteiger partial charge in [-0.3, -0.25) is 4.57 Å². The van der Waals surface area contributed by atoms with Gasteiger partial charge in [0.25, 0.3) is 15.2 Å². The second kappa shape index (κ2) is 3.81. The third-order valence-electron chi connectivity index (χ3n) is 2.93. The molecule has 1 heterocycles. The van der Waals surface area contributed by atoms with E-state index in [4.69, 9.17) is 5.14 Å². The van der Waals surface area contributed by atoms with E-state index in [-0.39, 0.29) is 11.2 Å². The molecule has 1 aliphatic carbocycles. The van der Waals surface area contributed by atoms with Crippen molar-refractivity contribution in [1.82, 2.24) is 14.8 Å². The fourth-order valence-electron chi connectivity index (χ4n) is 1.91. The van der Waals surface area contributed by atoms with Crippen LogP contribution in [0.25, 0.3) is 0 Å². The minimum atomic E-state index is -3.79. The van der Waals surface area contributed by atoms with Crippen molar-refractivity contribution in [3.63, 3.8) is 0 Å². The van der Waals surface area contributed by atoms with Crippen LogP contribution in [0.1, 0.15) is 50.9 Å². The van der Waals surface area contributed by atoms with Gasteiger partial charge in [-0.15, -0.1) is 10.2 Å². The summed E-state index contributed by atoms with van der Waals surface area (Å²) in [5, 5.41) is 12.7. The van der Waals surface area contributed by atoms with Gasteiger partial charge in [0.2, 0.25) is 0 Å². The summed E-state index contributed by atoms with van der Waals surface area (Å²) in [6, 6.07) is -0.000995. The van der Waals surface area contributed by atoms with E-state index in [0.717, 1.165) is 18.7 Å². The third kappa shape index (κ3) is 1.84. The van der Waals surface area contributed by atoms with Gasteiger partial charge in [0, 0.05) is 12.0 Å². The van der Waals surface area contributed by atoms with E-state index in [0.29, 0.717) is 5.92 Å². The molecule has 0 spiro atoms. The highest BCUT2D eigenvalue weighted by molar-refractivity contribution is 7.89. The molecule has 1 saturated carbocycles. The van der Waals surface area contributed by atoms with Crippen LogP contribution in [-0.4, -0.2) is 23.2 Å². The third-order valence-corrected chi connectivity index (χ3v) is 3.72. The molecule has 16 heavy (non-hydrogen) atoms. The molecule has 0 atom stereocenters. The Morgan fingerprint density at radius 1 is 1.38 bits per heavy atom. The first-order valence-corrected chi connectivity index (χ1v) is 6.93. The Morgan fingerprint density at radius 3 is 2.38 bits per heavy atom. The Kier molecular flexibility index (Phi) is 2.75. The molecule has 0 unspecified atom stereocenters. The molecule has 7 heteroatoms. The maximum Gasteiger partial charge on any atom is 0.273 e. The van der Waals surface area contributed by atoms with Gasteiger partial charge in [0.15, 0.2) is 0 Å². The van der Waals surface area contributed by atoms with Crippen LogP contribution >= 0.6 is 0 Å². The molecule has 0 amide bonds. The predicted molar refractivity (Wildman–Crippen MR) is 58.4 cm³/mol. The lowest BCUT2D eigenvalue weighted by Crippen LogP contribution is -2.22. The molecule has 0 radical (unpaired) electrons. The van der Waals surface area contributed by atoms with Crippen LogP contribution in [0.15, 0.2) is 5.16 Å². The molecule has 6 nitrogen and oxygen atoms in total. The molecule has 1 fully saturated rings. The summed E-state index contributed by atoms with van der Waals surface area (Å²) in [6.45, 7) is 3.81. The quantitative estimate of drug-likeness (QED) is 0.850. The van der Waals surface area contributed by atoms with E-state index >= 15 is 0 Å². The molecule has 90 valence electrons. The number of hydrogen-bond donors (Lipinski definition) is 1. The van der Waals surface area contributed by atoms with E-state index in [9.17, 15) is 8.42 Å². The summed E-state index contributed by atoms with van der Waals surface area (Å²) in [7, 11) is -3.79. The van der Waals surface area contributed by atoms with Gasteiger partial charge < -0.3 is 0 Å². The number of hydrogen-bond acceptors (Lipinski definition) is 4. The average Bonchev–Trinajstić information content (AvgIpc) is 2.43. The molecular formula is C9H16N4O2S. The van der Waals surface area contributed by atoms with Crippen LogP contribution < -0.4 is 5.14 Å². The second-order valence-electron chi connectivity index (χ2n) is 4.48. The second-order valence-corrected chi connectivity index (χ2v) is 5.93. The van der Waals surface area contributed by atoms with Crippen molar-refractivity contribution in [2.45, 2.75) is 50.2 Å². The molecule has 1 aromatic heterocycles. The largest absolute Gasteiger partial charge is 0.298 e. The molecular weight excluding hydrogens is 228 g/mol. The summed E-state index contributed by atoms with van der Waals surface area (Å²) < 4.78 is 24.3. The molecule has 0 bridgehead atoms. The predicted octanol–water partition coefficient (Wildman–Crippen LogP) is 0.774. The van der Waals surface area contributed by atoms with Crippen LogP contribution in [0.3, 0.4) is 0 Å². The molecule has 0 saturated heterocycles. The van der Waals surface area contributed by atoms with Crippen molar-refractivity contribution in [2.24, 2.45) is 5.14 Å². The van der Waals surface area contributed by atoms with Crippen molar-refractivity contribution < 1.29 is 8.42 Å². The summed E-state index contributed by atoms with van der Waals surface area (Å²) in [4.78, 5) is 0. The van der Waals surface area contributed by atoms with E-state index < -0.39 is 10.0 Å². The fourth-order valence-corrected chi connectivity index (χ4v) is 2.65. The number of aromatic nitrogens is 3. The number of rotatable bonds is 3. The smallest absolute Gasteiger partial charge is 0.273 e. The van der Waals surface area contributed by atoms with E-state index in [1.54, 1.807) is 4.57 Å². The fraction of sp³-hybridized carbons (Fsp3) is 0.778. The van der Waals surface area contributed by atoms with Crippen molar-refractivity contribution in [3.8, 4) is 0 Å². The molecule has 2 N–H and O–H groups in total. The van der Waals surface area contributed by atoms with Crippen LogP contribution in [0.4, 0.5) is 0 Å². The zero-order chi connectivity index (χ0) is 11.9. The number of nitrogens with zero attached hydrogens (tertiary/aromatic N) is 3. The zero-order valence-corrected chi connectivity index (χ0v) is 10.2. The van der Waals surface area contributed by atoms with Crippen molar-refractivity contribution in [3.05, 3.63) is 5.82 Å². The number of primary sulfonamides is 1. The van der Waals surface area contributed by atoms with Gasteiger partial charge in [0.1, 0.15) is 5.82 Å². The first kappa shape index (κ1) is 11.5. The minimum Gasteiger partial charge on any atom is -0.298 e. The van der Waals surface area contributed by atoms with Gasteiger partial charge in [-0.1, -0.05) is 6.42 Å². The average molecular weight is 244 g/mol. The topological polar surface area (TPSA) is 90.9 Å². The van der Waals surface area contributed by atoms with Gasteiger partial charge in [-0.25, -0.2) is 13.6 Å². The Balaban J connectivity index is 2.51. The normalized spacial score (nSPS) is 17.8. The maximum atomic E-state index is 11.4. The molecule has 1 aliphatic rings. The zero-order valence-electron chi connectivity index (χ0n) is 9.42. The van der Waals surface area contributed by atoms with Gasteiger partial charge in [-0.2, -0.15) is 0 Å². The van der Waals surface area contributed by atoms with E-state index in [2.05, 4.69) is 10.2 Å². The van der Waals surface area contributed by atoms with Crippen molar-refractivity contribution in [2.75, 3.05) is 0 Å². The minimum absolute atomic E-state index is 0.000995. The number of nitrogens with two attached hydrogens (primary N) is 1. The first-order valence-electron chi connectivity index (χ1n) is 5.39. The summed E-state index contributed by atoms with van der Waals surface area (Å²) in [6.07, 6.45) is 3.27. The Labute approximate surface area is 94.9 Å².